The van der Waals surface area contributed by atoms with Gasteiger partial charge in [-0.2, -0.15) is 13.2 Å². The fraction of sp³-hybridized carbons (Fsp3) is 0.167. The van der Waals surface area contributed by atoms with Crippen molar-refractivity contribution in [2.75, 3.05) is 0 Å². The van der Waals surface area contributed by atoms with E-state index >= 15 is 0 Å². The van der Waals surface area contributed by atoms with Crippen molar-refractivity contribution < 1.29 is 45.7 Å². The average molecular weight is 439 g/mol. The van der Waals surface area contributed by atoms with Crippen LogP contribution in [0.15, 0.2) is 42.0 Å². The molecule has 1 atom stereocenters. The van der Waals surface area contributed by atoms with Gasteiger partial charge in [-0.1, -0.05) is 23.7 Å². The van der Waals surface area contributed by atoms with Gasteiger partial charge in [0.15, 0.2) is 0 Å². The zero-order valence-corrected chi connectivity index (χ0v) is 14.7. The van der Waals surface area contributed by atoms with Crippen molar-refractivity contribution in [1.82, 2.24) is 0 Å². The third-order valence-electron chi connectivity index (χ3n) is 3.83. The van der Waals surface area contributed by atoms with E-state index in [1.165, 1.54) is 24.3 Å². The van der Waals surface area contributed by atoms with Gasteiger partial charge in [0.1, 0.15) is 11.5 Å². The van der Waals surface area contributed by atoms with Crippen LogP contribution in [0.2, 0.25) is 5.02 Å². The van der Waals surface area contributed by atoms with Gasteiger partial charge in [0.2, 0.25) is 6.10 Å². The number of carboxylic acid groups (broad SMARTS) is 1. The highest BCUT2D eigenvalue weighted by molar-refractivity contribution is 6.31. The monoisotopic (exact) mass is 438 g/mol. The van der Waals surface area contributed by atoms with E-state index in [2.05, 4.69) is 4.74 Å². The molecule has 0 fully saturated rings. The molecule has 1 aliphatic rings. The quantitative estimate of drug-likeness (QED) is 0.625. The largest absolute Gasteiger partial charge is 0.573 e. The Bertz CT molecular complexity index is 997. The highest BCUT2D eigenvalue weighted by atomic mass is 35.5. The van der Waals surface area contributed by atoms with Crippen LogP contribution in [0.25, 0.3) is 17.2 Å². The zero-order valence-electron chi connectivity index (χ0n) is 13.9. The van der Waals surface area contributed by atoms with E-state index in [9.17, 15) is 31.1 Å². The SMILES string of the molecule is O=C(O)C1=Cc2cc(Cl)cc(-c3cccc(OC(F)(F)F)c3)c2OC1C(F)(F)F. The lowest BCUT2D eigenvalue weighted by atomic mass is 9.95. The summed E-state index contributed by atoms with van der Waals surface area (Å²) in [4.78, 5) is 11.2. The molecule has 1 heterocycles. The number of ether oxygens (including phenoxy) is 2. The van der Waals surface area contributed by atoms with Crippen LogP contribution in [0.5, 0.6) is 11.5 Å². The molecule has 2 aromatic carbocycles. The molecular formula is C18H9ClF6O4. The molecule has 0 radical (unpaired) electrons. The van der Waals surface area contributed by atoms with E-state index in [4.69, 9.17) is 21.4 Å². The first-order valence-electron chi connectivity index (χ1n) is 7.73. The first-order chi connectivity index (χ1) is 13.3. The van der Waals surface area contributed by atoms with Gasteiger partial charge in [0.25, 0.3) is 0 Å². The standard InChI is InChI=1S/C18H9ClF6O4/c19-10-4-9-6-13(16(26)27)15(17(20,21)22)28-14(9)12(7-10)8-2-1-3-11(5-8)29-18(23,24)25/h1-7,15H,(H,26,27). The predicted octanol–water partition coefficient (Wildman–Crippen LogP) is 5.70. The molecule has 0 saturated heterocycles. The van der Waals surface area contributed by atoms with E-state index in [0.29, 0.717) is 0 Å². The van der Waals surface area contributed by atoms with Gasteiger partial charge >= 0.3 is 18.5 Å². The van der Waals surface area contributed by atoms with Crippen molar-refractivity contribution in [3.63, 3.8) is 0 Å². The molecule has 0 spiro atoms. The molecule has 0 amide bonds. The topological polar surface area (TPSA) is 55.8 Å². The maximum Gasteiger partial charge on any atom is 0.573 e. The second kappa shape index (κ2) is 7.18. The summed E-state index contributed by atoms with van der Waals surface area (Å²) in [7, 11) is 0. The molecule has 1 aliphatic heterocycles. The van der Waals surface area contributed by atoms with Gasteiger partial charge in [-0.3, -0.25) is 0 Å². The van der Waals surface area contributed by atoms with Crippen molar-refractivity contribution in [1.29, 1.82) is 0 Å². The average Bonchev–Trinajstić information content (AvgIpc) is 2.57. The Labute approximate surface area is 163 Å². The van der Waals surface area contributed by atoms with Gasteiger partial charge in [0, 0.05) is 16.1 Å². The Kier molecular flexibility index (Phi) is 5.16. The van der Waals surface area contributed by atoms with Crippen LogP contribution in [0.1, 0.15) is 5.56 Å². The number of benzene rings is 2. The molecule has 0 bridgehead atoms. The van der Waals surface area contributed by atoms with Crippen molar-refractivity contribution in [2.45, 2.75) is 18.6 Å². The summed E-state index contributed by atoms with van der Waals surface area (Å²) in [6, 6.07) is 6.85. The number of carboxylic acids is 1. The number of carbonyl (C=O) groups is 1. The van der Waals surface area contributed by atoms with Crippen LogP contribution in [-0.2, 0) is 4.79 Å². The van der Waals surface area contributed by atoms with Gasteiger partial charge in [-0.15, -0.1) is 13.2 Å². The highest BCUT2D eigenvalue weighted by Gasteiger charge is 2.48. The molecule has 2 aromatic rings. The van der Waals surface area contributed by atoms with Gasteiger partial charge in [0.05, 0.1) is 5.57 Å². The molecule has 0 saturated carbocycles. The van der Waals surface area contributed by atoms with Crippen LogP contribution in [0.3, 0.4) is 0 Å². The smallest absolute Gasteiger partial charge is 0.478 e. The van der Waals surface area contributed by atoms with Crippen molar-refractivity contribution in [2.24, 2.45) is 0 Å². The molecule has 3 rings (SSSR count). The number of fused-ring (bicyclic) bond motifs is 1. The number of aliphatic carboxylic acids is 1. The number of hydrogen-bond acceptors (Lipinski definition) is 3. The maximum absolute atomic E-state index is 13.3. The number of hydrogen-bond donors (Lipinski definition) is 1. The Morgan fingerprint density at radius 1 is 1.10 bits per heavy atom. The molecular weight excluding hydrogens is 430 g/mol. The molecule has 11 heteroatoms. The van der Waals surface area contributed by atoms with E-state index < -0.39 is 35.9 Å². The molecule has 1 unspecified atom stereocenters. The Morgan fingerprint density at radius 3 is 2.38 bits per heavy atom. The molecule has 1 N–H and O–H groups in total. The lowest BCUT2D eigenvalue weighted by Gasteiger charge is -2.28. The van der Waals surface area contributed by atoms with Crippen LogP contribution >= 0.6 is 11.6 Å². The summed E-state index contributed by atoms with van der Waals surface area (Å²) in [6.45, 7) is 0. The lowest BCUT2D eigenvalue weighted by Crippen LogP contribution is -2.40. The minimum Gasteiger partial charge on any atom is -0.478 e. The zero-order chi connectivity index (χ0) is 21.6. The Morgan fingerprint density at radius 2 is 1.79 bits per heavy atom. The molecule has 4 nitrogen and oxygen atoms in total. The van der Waals surface area contributed by atoms with Gasteiger partial charge in [-0.25, -0.2) is 4.79 Å². The van der Waals surface area contributed by atoms with Crippen LogP contribution in [-0.4, -0.2) is 29.7 Å². The van der Waals surface area contributed by atoms with Crippen molar-refractivity contribution >= 4 is 23.6 Å². The normalized spacial score (nSPS) is 16.5. The second-order valence-electron chi connectivity index (χ2n) is 5.89. The third kappa shape index (κ3) is 4.58. The number of halogens is 7. The minimum absolute atomic E-state index is 0.0101. The highest BCUT2D eigenvalue weighted by Crippen LogP contribution is 2.44. The summed E-state index contributed by atoms with van der Waals surface area (Å²) in [5.74, 6) is -2.81. The first kappa shape index (κ1) is 20.8. The summed E-state index contributed by atoms with van der Waals surface area (Å²) in [5, 5.41) is 9.10. The first-order valence-corrected chi connectivity index (χ1v) is 8.11. The molecule has 0 aromatic heterocycles. The summed E-state index contributed by atoms with van der Waals surface area (Å²) in [6.07, 6.45) is -12.0. The van der Waals surface area contributed by atoms with E-state index in [1.54, 1.807) is 0 Å². The van der Waals surface area contributed by atoms with E-state index in [1.807, 2.05) is 0 Å². The van der Waals surface area contributed by atoms with Crippen LogP contribution in [0, 0.1) is 0 Å². The van der Waals surface area contributed by atoms with Crippen molar-refractivity contribution in [3.05, 3.63) is 52.6 Å². The Hall–Kier alpha value is -2.88. The number of rotatable bonds is 3. The van der Waals surface area contributed by atoms with Crippen LogP contribution in [0.4, 0.5) is 26.3 Å². The minimum atomic E-state index is -5.04. The summed E-state index contributed by atoms with van der Waals surface area (Å²) < 4.78 is 86.1. The molecule has 29 heavy (non-hydrogen) atoms. The third-order valence-corrected chi connectivity index (χ3v) is 4.05. The number of alkyl halides is 6. The van der Waals surface area contributed by atoms with Gasteiger partial charge < -0.3 is 14.6 Å². The maximum atomic E-state index is 13.3. The lowest BCUT2D eigenvalue weighted by molar-refractivity contribution is -0.274. The van der Waals surface area contributed by atoms with E-state index in [-0.39, 0.29) is 27.5 Å². The Balaban J connectivity index is 2.16. The molecule has 154 valence electrons. The fourth-order valence-electron chi connectivity index (χ4n) is 2.77. The molecule has 0 aliphatic carbocycles. The predicted molar refractivity (Wildman–Crippen MR) is 89.7 cm³/mol. The van der Waals surface area contributed by atoms with E-state index in [0.717, 1.165) is 18.2 Å². The summed E-state index contributed by atoms with van der Waals surface area (Å²) in [5.41, 5.74) is -1.14. The second-order valence-corrected chi connectivity index (χ2v) is 6.33. The van der Waals surface area contributed by atoms with Crippen LogP contribution < -0.4 is 9.47 Å². The fourth-order valence-corrected chi connectivity index (χ4v) is 3.00. The summed E-state index contributed by atoms with van der Waals surface area (Å²) >= 11 is 5.97. The van der Waals surface area contributed by atoms with Gasteiger partial charge in [-0.05, 0) is 35.9 Å². The van der Waals surface area contributed by atoms with Crippen molar-refractivity contribution in [3.8, 4) is 22.6 Å².